The number of carboxylic acids is 1. The second kappa shape index (κ2) is 5.70. The normalized spacial score (nSPS) is 10.3. The van der Waals surface area contributed by atoms with Crippen LogP contribution in [-0.2, 0) is 10.5 Å². The van der Waals surface area contributed by atoms with E-state index in [9.17, 15) is 13.6 Å². The molecule has 0 saturated carbocycles. The highest BCUT2D eigenvalue weighted by molar-refractivity contribution is 7.98. The van der Waals surface area contributed by atoms with Crippen molar-refractivity contribution in [3.8, 4) is 0 Å². The third-order valence-corrected chi connectivity index (χ3v) is 2.75. The summed E-state index contributed by atoms with van der Waals surface area (Å²) in [7, 11) is 0. The zero-order valence-electron chi connectivity index (χ0n) is 7.87. The van der Waals surface area contributed by atoms with E-state index in [2.05, 4.69) is 0 Å². The minimum Gasteiger partial charge on any atom is -0.481 e. The van der Waals surface area contributed by atoms with Gasteiger partial charge in [0.1, 0.15) is 11.6 Å². The minimum absolute atomic E-state index is 0.000732. The van der Waals surface area contributed by atoms with Crippen LogP contribution in [0.4, 0.5) is 8.78 Å². The standard InChI is InChI=1S/C10H10F2O2S/c11-8-2-1-3-9(12)7(8)6-15-5-4-10(13)14/h1-3H,4-6H2,(H,13,14). The van der Waals surface area contributed by atoms with Crippen LogP contribution in [0.5, 0.6) is 0 Å². The molecule has 0 amide bonds. The fourth-order valence-corrected chi connectivity index (χ4v) is 1.95. The Kier molecular flexibility index (Phi) is 4.55. The third kappa shape index (κ3) is 3.87. The molecule has 0 aliphatic carbocycles. The Hall–Kier alpha value is -1.10. The largest absolute Gasteiger partial charge is 0.481 e. The molecule has 1 N–H and O–H groups in total. The lowest BCUT2D eigenvalue weighted by Gasteiger charge is -2.03. The summed E-state index contributed by atoms with van der Waals surface area (Å²) in [4.78, 5) is 10.2. The highest BCUT2D eigenvalue weighted by atomic mass is 32.2. The van der Waals surface area contributed by atoms with Gasteiger partial charge in [0.25, 0.3) is 0 Å². The van der Waals surface area contributed by atoms with Crippen LogP contribution < -0.4 is 0 Å². The van der Waals surface area contributed by atoms with Crippen molar-refractivity contribution in [3.05, 3.63) is 35.4 Å². The van der Waals surface area contributed by atoms with Gasteiger partial charge in [0.2, 0.25) is 0 Å². The molecule has 0 aliphatic heterocycles. The molecule has 15 heavy (non-hydrogen) atoms. The Bertz CT molecular complexity index is 335. The monoisotopic (exact) mass is 232 g/mol. The van der Waals surface area contributed by atoms with Crippen molar-refractivity contribution in [3.63, 3.8) is 0 Å². The number of carboxylic acid groups (broad SMARTS) is 1. The first kappa shape index (κ1) is 12.0. The molecule has 0 atom stereocenters. The highest BCUT2D eigenvalue weighted by Gasteiger charge is 2.08. The summed E-state index contributed by atoms with van der Waals surface area (Å²) in [5.41, 5.74) is 0.00730. The molecule has 0 spiro atoms. The van der Waals surface area contributed by atoms with E-state index < -0.39 is 17.6 Å². The lowest BCUT2D eigenvalue weighted by molar-refractivity contribution is -0.136. The van der Waals surface area contributed by atoms with E-state index in [1.54, 1.807) is 0 Å². The predicted octanol–water partition coefficient (Wildman–Crippen LogP) is 2.67. The van der Waals surface area contributed by atoms with Crippen LogP contribution in [0.3, 0.4) is 0 Å². The van der Waals surface area contributed by atoms with Crippen molar-refractivity contribution >= 4 is 17.7 Å². The zero-order chi connectivity index (χ0) is 11.3. The summed E-state index contributed by atoms with van der Waals surface area (Å²) in [5, 5.41) is 8.36. The van der Waals surface area contributed by atoms with E-state index in [0.717, 1.165) is 0 Å². The van der Waals surface area contributed by atoms with Gasteiger partial charge in [-0.3, -0.25) is 4.79 Å². The average Bonchev–Trinajstić information content (AvgIpc) is 2.15. The van der Waals surface area contributed by atoms with Crippen LogP contribution >= 0.6 is 11.8 Å². The predicted molar refractivity (Wildman–Crippen MR) is 54.8 cm³/mol. The highest BCUT2D eigenvalue weighted by Crippen LogP contribution is 2.19. The molecule has 0 bridgehead atoms. The molecule has 82 valence electrons. The Morgan fingerprint density at radius 2 is 1.93 bits per heavy atom. The van der Waals surface area contributed by atoms with Crippen LogP contribution in [0, 0.1) is 11.6 Å². The quantitative estimate of drug-likeness (QED) is 0.793. The molecule has 0 aromatic heterocycles. The maximum absolute atomic E-state index is 13.1. The second-order valence-corrected chi connectivity index (χ2v) is 4.00. The first-order valence-corrected chi connectivity index (χ1v) is 5.49. The topological polar surface area (TPSA) is 37.3 Å². The number of benzene rings is 1. The summed E-state index contributed by atoms with van der Waals surface area (Å²) in [5.74, 6) is -1.57. The Morgan fingerprint density at radius 1 is 1.33 bits per heavy atom. The first-order chi connectivity index (χ1) is 7.11. The number of rotatable bonds is 5. The van der Waals surface area contributed by atoms with Crippen LogP contribution in [0.15, 0.2) is 18.2 Å². The van der Waals surface area contributed by atoms with Gasteiger partial charge in [0.05, 0.1) is 6.42 Å². The van der Waals surface area contributed by atoms with Crippen LogP contribution in [0.1, 0.15) is 12.0 Å². The molecule has 0 saturated heterocycles. The summed E-state index contributed by atoms with van der Waals surface area (Å²) in [6, 6.07) is 3.68. The van der Waals surface area contributed by atoms with Crippen molar-refractivity contribution < 1.29 is 18.7 Å². The van der Waals surface area contributed by atoms with Gasteiger partial charge in [-0.05, 0) is 12.1 Å². The van der Waals surface area contributed by atoms with Crippen LogP contribution in [0.25, 0.3) is 0 Å². The second-order valence-electron chi connectivity index (χ2n) is 2.90. The molecule has 0 fully saturated rings. The fourth-order valence-electron chi connectivity index (χ4n) is 1.00. The van der Waals surface area contributed by atoms with Gasteiger partial charge in [-0.1, -0.05) is 6.07 Å². The van der Waals surface area contributed by atoms with E-state index in [1.165, 1.54) is 30.0 Å². The molecule has 1 aromatic rings. The van der Waals surface area contributed by atoms with E-state index >= 15 is 0 Å². The average molecular weight is 232 g/mol. The summed E-state index contributed by atoms with van der Waals surface area (Å²) in [6.45, 7) is 0. The number of hydrogen-bond donors (Lipinski definition) is 1. The van der Waals surface area contributed by atoms with Gasteiger partial charge < -0.3 is 5.11 Å². The molecule has 0 radical (unpaired) electrons. The van der Waals surface area contributed by atoms with Crippen molar-refractivity contribution in [2.24, 2.45) is 0 Å². The summed E-state index contributed by atoms with van der Waals surface area (Å²) >= 11 is 1.20. The number of carbonyl (C=O) groups is 1. The maximum atomic E-state index is 13.1. The van der Waals surface area contributed by atoms with Gasteiger partial charge in [-0.25, -0.2) is 8.78 Å². The van der Waals surface area contributed by atoms with Crippen molar-refractivity contribution in [1.82, 2.24) is 0 Å². The number of aliphatic carboxylic acids is 1. The van der Waals surface area contributed by atoms with Crippen molar-refractivity contribution in [2.45, 2.75) is 12.2 Å². The Labute approximate surface area is 90.3 Å². The minimum atomic E-state index is -0.906. The van der Waals surface area contributed by atoms with Crippen LogP contribution in [0.2, 0.25) is 0 Å². The van der Waals surface area contributed by atoms with Gasteiger partial charge in [-0.15, -0.1) is 0 Å². The summed E-state index contributed by atoms with van der Waals surface area (Å²) < 4.78 is 26.1. The SMILES string of the molecule is O=C(O)CCSCc1c(F)cccc1F. The molecular weight excluding hydrogens is 222 g/mol. The number of thioether (sulfide) groups is 1. The first-order valence-electron chi connectivity index (χ1n) is 4.33. The van der Waals surface area contributed by atoms with E-state index in [1.807, 2.05) is 0 Å². The van der Waals surface area contributed by atoms with E-state index in [4.69, 9.17) is 5.11 Å². The van der Waals surface area contributed by atoms with Gasteiger partial charge in [0, 0.05) is 17.1 Å². The maximum Gasteiger partial charge on any atom is 0.304 e. The molecule has 0 aliphatic rings. The molecule has 1 aromatic carbocycles. The molecule has 1 rings (SSSR count). The molecule has 2 nitrogen and oxygen atoms in total. The Balaban J connectivity index is 2.47. The van der Waals surface area contributed by atoms with Gasteiger partial charge >= 0.3 is 5.97 Å². The van der Waals surface area contributed by atoms with Gasteiger partial charge in [0.15, 0.2) is 0 Å². The van der Waals surface area contributed by atoms with E-state index in [0.29, 0.717) is 5.75 Å². The molecule has 5 heteroatoms. The fraction of sp³-hybridized carbons (Fsp3) is 0.300. The van der Waals surface area contributed by atoms with Crippen molar-refractivity contribution in [1.29, 1.82) is 0 Å². The smallest absolute Gasteiger partial charge is 0.304 e. The van der Waals surface area contributed by atoms with Crippen LogP contribution in [-0.4, -0.2) is 16.8 Å². The third-order valence-electron chi connectivity index (χ3n) is 1.77. The zero-order valence-corrected chi connectivity index (χ0v) is 8.69. The lowest BCUT2D eigenvalue weighted by atomic mass is 10.2. The van der Waals surface area contributed by atoms with Crippen molar-refractivity contribution in [2.75, 3.05) is 5.75 Å². The molecular formula is C10H10F2O2S. The van der Waals surface area contributed by atoms with E-state index in [-0.39, 0.29) is 17.7 Å². The van der Waals surface area contributed by atoms with Gasteiger partial charge in [-0.2, -0.15) is 11.8 Å². The summed E-state index contributed by atoms with van der Waals surface area (Å²) in [6.07, 6.45) is 0.000732. The molecule has 0 unspecified atom stereocenters. The lowest BCUT2D eigenvalue weighted by Crippen LogP contribution is -1.98. The molecule has 0 heterocycles. The number of halogens is 2. The number of hydrogen-bond acceptors (Lipinski definition) is 2. The Morgan fingerprint density at radius 3 is 2.47 bits per heavy atom.